The van der Waals surface area contributed by atoms with Crippen molar-refractivity contribution < 1.29 is 38.1 Å². The van der Waals surface area contributed by atoms with Gasteiger partial charge >= 0.3 is 11.9 Å². The Morgan fingerprint density at radius 3 is 2.24 bits per heavy atom. The zero-order chi connectivity index (χ0) is 21.4. The van der Waals surface area contributed by atoms with Gasteiger partial charge in [0, 0.05) is 5.56 Å². The number of alkyl halides is 1. The molecule has 9 heteroatoms. The van der Waals surface area contributed by atoms with Crippen LogP contribution in [0.1, 0.15) is 31.1 Å². The van der Waals surface area contributed by atoms with E-state index in [1.807, 2.05) is 0 Å². The van der Waals surface area contributed by atoms with Gasteiger partial charge < -0.3 is 18.9 Å². The number of methoxy groups -OCH3 is 2. The molecule has 0 amide bonds. The molecule has 2 aromatic rings. The van der Waals surface area contributed by atoms with Crippen molar-refractivity contribution in [3.8, 4) is 11.5 Å². The molecule has 0 N–H and O–H groups in total. The molecule has 0 radical (unpaired) electrons. The highest BCUT2D eigenvalue weighted by Crippen LogP contribution is 2.23. The lowest BCUT2D eigenvalue weighted by molar-refractivity contribution is -0.115. The summed E-state index contributed by atoms with van der Waals surface area (Å²) in [5, 5.41) is 0. The summed E-state index contributed by atoms with van der Waals surface area (Å²) in [5.74, 6) is -0.977. The lowest BCUT2D eigenvalue weighted by atomic mass is 10.1. The summed E-state index contributed by atoms with van der Waals surface area (Å²) in [6.45, 7) is 0. The van der Waals surface area contributed by atoms with Gasteiger partial charge in [-0.1, -0.05) is 17.7 Å². The second-order valence-corrected chi connectivity index (χ2v) is 6.00. The molecule has 2 rings (SSSR count). The van der Waals surface area contributed by atoms with Crippen LogP contribution in [-0.2, 0) is 14.3 Å². The van der Waals surface area contributed by atoms with Crippen LogP contribution in [0.25, 0.3) is 0 Å². The van der Waals surface area contributed by atoms with Crippen LogP contribution in [0.15, 0.2) is 42.5 Å². The highest BCUT2D eigenvalue weighted by atomic mass is 35.5. The summed E-state index contributed by atoms with van der Waals surface area (Å²) < 4.78 is 20.2. The lowest BCUT2D eigenvalue weighted by Gasteiger charge is -2.20. The molecule has 0 bridgehead atoms. The summed E-state index contributed by atoms with van der Waals surface area (Å²) in [6.07, 6.45) is -0.339. The van der Waals surface area contributed by atoms with E-state index in [9.17, 15) is 19.2 Å². The summed E-state index contributed by atoms with van der Waals surface area (Å²) in [6, 6.07) is 10.0. The van der Waals surface area contributed by atoms with Crippen LogP contribution in [-0.4, -0.2) is 50.4 Å². The van der Waals surface area contributed by atoms with Gasteiger partial charge in [0.05, 0.1) is 25.3 Å². The van der Waals surface area contributed by atoms with Gasteiger partial charge in [0.25, 0.3) is 0 Å². The maximum atomic E-state index is 11.8. The molecule has 8 nitrogen and oxygen atoms in total. The van der Waals surface area contributed by atoms with E-state index in [0.29, 0.717) is 12.6 Å². The first-order chi connectivity index (χ1) is 13.9. The van der Waals surface area contributed by atoms with Crippen molar-refractivity contribution in [1.82, 2.24) is 0 Å². The number of aldehydes is 2. The van der Waals surface area contributed by atoms with Crippen molar-refractivity contribution in [1.29, 1.82) is 0 Å². The van der Waals surface area contributed by atoms with E-state index in [1.165, 1.54) is 50.6 Å². The predicted molar refractivity (Wildman–Crippen MR) is 102 cm³/mol. The average Bonchev–Trinajstić information content (AvgIpc) is 2.76. The molecule has 2 unspecified atom stereocenters. The fourth-order valence-electron chi connectivity index (χ4n) is 2.31. The third-order valence-electron chi connectivity index (χ3n) is 3.73. The number of benzene rings is 2. The molecular formula is C20H17ClO8. The van der Waals surface area contributed by atoms with E-state index in [-0.39, 0.29) is 28.2 Å². The van der Waals surface area contributed by atoms with Crippen molar-refractivity contribution in [2.45, 2.75) is 11.7 Å². The smallest absolute Gasteiger partial charge is 0.338 e. The molecule has 0 aromatic heterocycles. The molecule has 2 aromatic carbocycles. The fraction of sp³-hybridized carbons (Fsp3) is 0.200. The zero-order valence-electron chi connectivity index (χ0n) is 15.5. The highest BCUT2D eigenvalue weighted by molar-refractivity contribution is 6.21. The van der Waals surface area contributed by atoms with Crippen LogP contribution in [0, 0.1) is 0 Å². The Morgan fingerprint density at radius 1 is 0.931 bits per heavy atom. The fourth-order valence-corrected chi connectivity index (χ4v) is 2.52. The summed E-state index contributed by atoms with van der Waals surface area (Å²) in [7, 11) is 2.42. The van der Waals surface area contributed by atoms with E-state index >= 15 is 0 Å². The zero-order valence-corrected chi connectivity index (χ0v) is 16.3. The van der Waals surface area contributed by atoms with Crippen LogP contribution in [0.4, 0.5) is 0 Å². The normalized spacial score (nSPS) is 12.2. The predicted octanol–water partition coefficient (Wildman–Crippen LogP) is 2.66. The summed E-state index contributed by atoms with van der Waals surface area (Å²) in [5.41, 5.74) is -0.940. The Bertz CT molecular complexity index is 911. The van der Waals surface area contributed by atoms with Gasteiger partial charge in [-0.15, -0.1) is 0 Å². The molecule has 0 fully saturated rings. The van der Waals surface area contributed by atoms with Crippen LogP contribution in [0.5, 0.6) is 11.5 Å². The molecule has 0 aliphatic heterocycles. The molecule has 2 atom stereocenters. The standard InChI is InChI=1S/C20H17ClO8/c1-26-19(24)12-4-3-5-14(8-12)29-18(21)17(11-23)28-15-7-6-13(10-22)16(9-15)20(25)27-2/h3-11,17-18H,1-2H3. The Morgan fingerprint density at radius 2 is 1.62 bits per heavy atom. The molecule has 0 spiro atoms. The maximum Gasteiger partial charge on any atom is 0.338 e. The van der Waals surface area contributed by atoms with E-state index in [0.717, 1.165) is 0 Å². The van der Waals surface area contributed by atoms with Gasteiger partial charge in [-0.2, -0.15) is 0 Å². The van der Waals surface area contributed by atoms with Crippen LogP contribution in [0.2, 0.25) is 0 Å². The van der Waals surface area contributed by atoms with Gasteiger partial charge in [-0.3, -0.25) is 9.59 Å². The third-order valence-corrected chi connectivity index (χ3v) is 4.06. The second kappa shape index (κ2) is 10.2. The first kappa shape index (κ1) is 21.9. The van der Waals surface area contributed by atoms with Gasteiger partial charge in [-0.25, -0.2) is 9.59 Å². The molecule has 0 heterocycles. The number of ether oxygens (including phenoxy) is 4. The number of rotatable bonds is 9. The van der Waals surface area contributed by atoms with Gasteiger partial charge in [0.2, 0.25) is 11.7 Å². The second-order valence-electron chi connectivity index (χ2n) is 5.57. The summed E-state index contributed by atoms with van der Waals surface area (Å²) >= 11 is 6.14. The highest BCUT2D eigenvalue weighted by Gasteiger charge is 2.24. The summed E-state index contributed by atoms with van der Waals surface area (Å²) in [4.78, 5) is 45.9. The molecule has 152 valence electrons. The number of hydrogen-bond donors (Lipinski definition) is 0. The average molecular weight is 421 g/mol. The van der Waals surface area contributed by atoms with Crippen molar-refractivity contribution in [2.24, 2.45) is 0 Å². The topological polar surface area (TPSA) is 105 Å². The molecule has 0 saturated carbocycles. The van der Waals surface area contributed by atoms with Crippen LogP contribution in [0.3, 0.4) is 0 Å². The minimum absolute atomic E-state index is 0.0255. The van der Waals surface area contributed by atoms with Crippen molar-refractivity contribution >= 4 is 36.1 Å². The molecule has 0 aliphatic rings. The Hall–Kier alpha value is -3.39. The van der Waals surface area contributed by atoms with E-state index < -0.39 is 23.6 Å². The van der Waals surface area contributed by atoms with E-state index in [4.69, 9.17) is 21.1 Å². The molecule has 0 aliphatic carbocycles. The maximum absolute atomic E-state index is 11.8. The minimum atomic E-state index is -1.26. The third kappa shape index (κ3) is 5.55. The minimum Gasteiger partial charge on any atom is -0.478 e. The molecule has 0 saturated heterocycles. The Balaban J connectivity index is 2.17. The quantitative estimate of drug-likeness (QED) is 0.346. The van der Waals surface area contributed by atoms with Gasteiger partial charge in [-0.05, 0) is 36.4 Å². The van der Waals surface area contributed by atoms with Crippen LogP contribution >= 0.6 is 11.6 Å². The SMILES string of the molecule is COC(=O)c1cccc(OC(Cl)C(C=O)Oc2ccc(C=O)c(C(=O)OC)c2)c1. The van der Waals surface area contributed by atoms with Gasteiger partial charge in [0.15, 0.2) is 12.6 Å². The monoisotopic (exact) mass is 420 g/mol. The molecular weight excluding hydrogens is 404 g/mol. The van der Waals surface area contributed by atoms with E-state index in [1.54, 1.807) is 6.07 Å². The van der Waals surface area contributed by atoms with Crippen molar-refractivity contribution in [3.05, 3.63) is 59.2 Å². The van der Waals surface area contributed by atoms with Crippen molar-refractivity contribution in [3.63, 3.8) is 0 Å². The largest absolute Gasteiger partial charge is 0.478 e. The van der Waals surface area contributed by atoms with Crippen molar-refractivity contribution in [2.75, 3.05) is 14.2 Å². The molecule has 29 heavy (non-hydrogen) atoms. The lowest BCUT2D eigenvalue weighted by Crippen LogP contribution is -2.33. The number of carbonyl (C=O) groups is 4. The number of halogens is 1. The first-order valence-corrected chi connectivity index (χ1v) is 8.65. The number of carbonyl (C=O) groups excluding carboxylic acids is 4. The van der Waals surface area contributed by atoms with Gasteiger partial charge in [0.1, 0.15) is 11.5 Å². The van der Waals surface area contributed by atoms with E-state index in [2.05, 4.69) is 9.47 Å². The number of hydrogen-bond acceptors (Lipinski definition) is 8. The van der Waals surface area contributed by atoms with Crippen LogP contribution < -0.4 is 9.47 Å². The number of esters is 2. The Labute approximate surface area is 171 Å². The Kier molecular flexibility index (Phi) is 7.73. The first-order valence-electron chi connectivity index (χ1n) is 8.22.